The fourth-order valence-electron chi connectivity index (χ4n) is 2.67. The molecule has 1 unspecified atom stereocenters. The van der Waals surface area contributed by atoms with Crippen LogP contribution in [0.1, 0.15) is 12.8 Å². The zero-order valence-corrected chi connectivity index (χ0v) is 12.0. The molecule has 0 amide bonds. The summed E-state index contributed by atoms with van der Waals surface area (Å²) in [6.07, 6.45) is 1.72. The second-order valence-electron chi connectivity index (χ2n) is 5.27. The highest BCUT2D eigenvalue weighted by atomic mass is 32.2. The molecule has 0 saturated carbocycles. The summed E-state index contributed by atoms with van der Waals surface area (Å²) in [5.41, 5.74) is 5.88. The quantitative estimate of drug-likeness (QED) is 0.919. The first-order chi connectivity index (χ1) is 9.57. The zero-order valence-electron chi connectivity index (χ0n) is 11.2. The van der Waals surface area contributed by atoms with Crippen LogP contribution in [0, 0.1) is 0 Å². The highest BCUT2D eigenvalue weighted by molar-refractivity contribution is 7.89. The van der Waals surface area contributed by atoms with Crippen LogP contribution in [-0.2, 0) is 10.0 Å². The Morgan fingerprint density at radius 2 is 1.85 bits per heavy atom. The van der Waals surface area contributed by atoms with Gasteiger partial charge in [0.05, 0.1) is 4.90 Å². The predicted molar refractivity (Wildman–Crippen MR) is 79.9 cm³/mol. The van der Waals surface area contributed by atoms with Crippen molar-refractivity contribution >= 4 is 20.8 Å². The van der Waals surface area contributed by atoms with E-state index < -0.39 is 10.0 Å². The van der Waals surface area contributed by atoms with Crippen LogP contribution in [0.15, 0.2) is 47.4 Å². The first-order valence-corrected chi connectivity index (χ1v) is 8.26. The number of nitrogens with two attached hydrogens (primary N) is 1. The Bertz CT molecular complexity index is 727. The number of piperidine rings is 1. The van der Waals surface area contributed by atoms with Crippen molar-refractivity contribution in [3.05, 3.63) is 42.5 Å². The summed E-state index contributed by atoms with van der Waals surface area (Å²) in [5.74, 6) is 0. The van der Waals surface area contributed by atoms with E-state index in [0.29, 0.717) is 18.0 Å². The van der Waals surface area contributed by atoms with Crippen LogP contribution in [0.3, 0.4) is 0 Å². The molecular formula is C15H18N2O2S. The van der Waals surface area contributed by atoms with E-state index in [-0.39, 0.29) is 6.04 Å². The van der Waals surface area contributed by atoms with E-state index >= 15 is 0 Å². The van der Waals surface area contributed by atoms with Gasteiger partial charge in [0, 0.05) is 19.1 Å². The maximum atomic E-state index is 12.6. The van der Waals surface area contributed by atoms with E-state index in [1.165, 1.54) is 4.31 Å². The average molecular weight is 290 g/mol. The summed E-state index contributed by atoms with van der Waals surface area (Å²) in [7, 11) is -3.43. The van der Waals surface area contributed by atoms with Crippen molar-refractivity contribution < 1.29 is 8.42 Å². The monoisotopic (exact) mass is 290 g/mol. The van der Waals surface area contributed by atoms with Crippen LogP contribution < -0.4 is 5.73 Å². The van der Waals surface area contributed by atoms with Crippen molar-refractivity contribution in [3.63, 3.8) is 0 Å². The topological polar surface area (TPSA) is 63.4 Å². The van der Waals surface area contributed by atoms with Gasteiger partial charge in [0.1, 0.15) is 0 Å². The lowest BCUT2D eigenvalue weighted by molar-refractivity contribution is 0.316. The minimum Gasteiger partial charge on any atom is -0.327 e. The molecule has 5 heteroatoms. The highest BCUT2D eigenvalue weighted by Gasteiger charge is 2.28. The van der Waals surface area contributed by atoms with Crippen LogP contribution in [0.25, 0.3) is 10.8 Å². The van der Waals surface area contributed by atoms with Gasteiger partial charge in [-0.3, -0.25) is 0 Å². The predicted octanol–water partition coefficient (Wildman–Crippen LogP) is 1.95. The summed E-state index contributed by atoms with van der Waals surface area (Å²) >= 11 is 0. The number of hydrogen-bond acceptors (Lipinski definition) is 3. The minimum absolute atomic E-state index is 0.0565. The molecule has 0 spiro atoms. The van der Waals surface area contributed by atoms with E-state index in [9.17, 15) is 8.42 Å². The van der Waals surface area contributed by atoms with E-state index in [4.69, 9.17) is 5.73 Å². The van der Waals surface area contributed by atoms with Gasteiger partial charge in [-0.1, -0.05) is 30.3 Å². The molecule has 1 atom stereocenters. The Labute approximate surface area is 119 Å². The van der Waals surface area contributed by atoms with Crippen LogP contribution >= 0.6 is 0 Å². The first-order valence-electron chi connectivity index (χ1n) is 6.82. The molecule has 1 aliphatic rings. The number of rotatable bonds is 2. The molecule has 4 nitrogen and oxygen atoms in total. The molecule has 106 valence electrons. The molecule has 0 bridgehead atoms. The van der Waals surface area contributed by atoms with E-state index in [1.807, 2.05) is 30.3 Å². The van der Waals surface area contributed by atoms with E-state index in [1.54, 1.807) is 12.1 Å². The van der Waals surface area contributed by atoms with Gasteiger partial charge < -0.3 is 5.73 Å². The van der Waals surface area contributed by atoms with Crippen LogP contribution in [0.5, 0.6) is 0 Å². The number of nitrogens with zero attached hydrogens (tertiary/aromatic N) is 1. The SMILES string of the molecule is NC1CCCN(S(=O)(=O)c2ccc3ccccc3c2)C1. The molecular weight excluding hydrogens is 272 g/mol. The minimum atomic E-state index is -3.43. The van der Waals surface area contributed by atoms with Gasteiger partial charge in [0.25, 0.3) is 0 Å². The largest absolute Gasteiger partial charge is 0.327 e. The molecule has 2 aromatic rings. The molecule has 1 fully saturated rings. The molecule has 2 N–H and O–H groups in total. The summed E-state index contributed by atoms with van der Waals surface area (Å²) in [5, 5.41) is 1.98. The third-order valence-electron chi connectivity index (χ3n) is 3.78. The second kappa shape index (κ2) is 5.16. The van der Waals surface area contributed by atoms with E-state index in [2.05, 4.69) is 0 Å². The lowest BCUT2D eigenvalue weighted by atomic mass is 10.1. The molecule has 20 heavy (non-hydrogen) atoms. The molecule has 2 aromatic carbocycles. The third-order valence-corrected chi connectivity index (χ3v) is 5.64. The first kappa shape index (κ1) is 13.5. The lowest BCUT2D eigenvalue weighted by Crippen LogP contribution is -2.45. The van der Waals surface area contributed by atoms with Gasteiger partial charge in [-0.05, 0) is 35.7 Å². The van der Waals surface area contributed by atoms with Crippen molar-refractivity contribution in [1.82, 2.24) is 4.31 Å². The van der Waals surface area contributed by atoms with Crippen LogP contribution in [0.4, 0.5) is 0 Å². The van der Waals surface area contributed by atoms with Gasteiger partial charge in [-0.15, -0.1) is 0 Å². The zero-order chi connectivity index (χ0) is 14.2. The van der Waals surface area contributed by atoms with Gasteiger partial charge in [-0.25, -0.2) is 8.42 Å². The average Bonchev–Trinajstić information content (AvgIpc) is 2.46. The molecule has 0 aliphatic carbocycles. The lowest BCUT2D eigenvalue weighted by Gasteiger charge is -2.29. The third kappa shape index (κ3) is 2.44. The Balaban J connectivity index is 2.00. The highest BCUT2D eigenvalue weighted by Crippen LogP contribution is 2.23. The number of sulfonamides is 1. The Hall–Kier alpha value is -1.43. The second-order valence-corrected chi connectivity index (χ2v) is 7.21. The van der Waals surface area contributed by atoms with Gasteiger partial charge in [0.2, 0.25) is 10.0 Å². The summed E-state index contributed by atoms with van der Waals surface area (Å²) in [6.45, 7) is 0.970. The molecule has 0 radical (unpaired) electrons. The smallest absolute Gasteiger partial charge is 0.243 e. The summed E-state index contributed by atoms with van der Waals surface area (Å²) < 4.78 is 26.8. The van der Waals surface area contributed by atoms with Crippen molar-refractivity contribution in [3.8, 4) is 0 Å². The molecule has 0 aromatic heterocycles. The standard InChI is InChI=1S/C15H18N2O2S/c16-14-6-3-9-17(11-14)20(18,19)15-8-7-12-4-1-2-5-13(12)10-15/h1-2,4-5,7-8,10,14H,3,6,9,11,16H2. The summed E-state index contributed by atoms with van der Waals surface area (Å²) in [4.78, 5) is 0.352. The Morgan fingerprint density at radius 3 is 2.60 bits per heavy atom. The fraction of sp³-hybridized carbons (Fsp3) is 0.333. The number of hydrogen-bond donors (Lipinski definition) is 1. The van der Waals surface area contributed by atoms with Crippen molar-refractivity contribution in [1.29, 1.82) is 0 Å². The van der Waals surface area contributed by atoms with Crippen LogP contribution in [0.2, 0.25) is 0 Å². The van der Waals surface area contributed by atoms with Gasteiger partial charge >= 0.3 is 0 Å². The molecule has 1 aliphatic heterocycles. The van der Waals surface area contributed by atoms with Crippen LogP contribution in [-0.4, -0.2) is 31.9 Å². The molecule has 1 saturated heterocycles. The maximum absolute atomic E-state index is 12.6. The Morgan fingerprint density at radius 1 is 1.10 bits per heavy atom. The maximum Gasteiger partial charge on any atom is 0.243 e. The number of fused-ring (bicyclic) bond motifs is 1. The molecule has 3 rings (SSSR count). The van der Waals surface area contributed by atoms with E-state index in [0.717, 1.165) is 23.6 Å². The normalized spacial score (nSPS) is 21.1. The Kier molecular flexibility index (Phi) is 3.50. The fourth-order valence-corrected chi connectivity index (χ4v) is 4.24. The van der Waals surface area contributed by atoms with Crippen molar-refractivity contribution in [2.24, 2.45) is 5.73 Å². The van der Waals surface area contributed by atoms with Crippen molar-refractivity contribution in [2.75, 3.05) is 13.1 Å². The van der Waals surface area contributed by atoms with Gasteiger partial charge in [-0.2, -0.15) is 4.31 Å². The van der Waals surface area contributed by atoms with Gasteiger partial charge in [0.15, 0.2) is 0 Å². The molecule has 1 heterocycles. The number of benzene rings is 2. The summed E-state index contributed by atoms with van der Waals surface area (Å²) in [6, 6.07) is 13.0. The van der Waals surface area contributed by atoms with Crippen molar-refractivity contribution in [2.45, 2.75) is 23.8 Å².